The molecule has 0 aromatic heterocycles. The highest BCUT2D eigenvalue weighted by atomic mass is 32.2. The van der Waals surface area contributed by atoms with Gasteiger partial charge < -0.3 is 10.2 Å². The zero-order chi connectivity index (χ0) is 20.7. The van der Waals surface area contributed by atoms with Crippen LogP contribution in [0.3, 0.4) is 0 Å². The molecule has 2 aromatic rings. The molecule has 1 saturated heterocycles. The Bertz CT molecular complexity index is 849. The molecule has 0 saturated carbocycles. The topological polar surface area (TPSA) is 78.5 Å². The molecule has 1 unspecified atom stereocenters. The zero-order valence-corrected chi connectivity index (χ0v) is 17.6. The first-order valence-corrected chi connectivity index (χ1v) is 11.9. The molecule has 1 amide bonds. The molecule has 0 aliphatic carbocycles. The van der Waals surface area contributed by atoms with Crippen LogP contribution < -0.4 is 10.0 Å². The van der Waals surface area contributed by atoms with Gasteiger partial charge in [0.1, 0.15) is 0 Å². The van der Waals surface area contributed by atoms with E-state index in [9.17, 15) is 13.2 Å². The first-order valence-electron chi connectivity index (χ1n) is 9.99. The number of carbonyl (C=O) groups is 1. The average molecular weight is 416 g/mol. The highest BCUT2D eigenvalue weighted by Gasteiger charge is 2.23. The summed E-state index contributed by atoms with van der Waals surface area (Å²) in [7, 11) is -3.21. The summed E-state index contributed by atoms with van der Waals surface area (Å²) in [5, 5.41) is 3.16. The summed E-state index contributed by atoms with van der Waals surface area (Å²) < 4.78 is 25.6. The minimum absolute atomic E-state index is 0.0131. The van der Waals surface area contributed by atoms with Gasteiger partial charge in [-0.3, -0.25) is 4.79 Å². The lowest BCUT2D eigenvalue weighted by Crippen LogP contribution is -2.48. The zero-order valence-electron chi connectivity index (χ0n) is 16.8. The summed E-state index contributed by atoms with van der Waals surface area (Å²) in [6.07, 6.45) is 3.32. The van der Waals surface area contributed by atoms with Crippen LogP contribution in [0.4, 0.5) is 0 Å². The number of benzene rings is 2. The molecule has 7 heteroatoms. The van der Waals surface area contributed by atoms with Gasteiger partial charge >= 0.3 is 0 Å². The molecule has 6 nitrogen and oxygen atoms in total. The number of amides is 1. The van der Waals surface area contributed by atoms with Gasteiger partial charge in [0.15, 0.2) is 0 Å². The van der Waals surface area contributed by atoms with Crippen LogP contribution in [0.15, 0.2) is 60.7 Å². The van der Waals surface area contributed by atoms with E-state index in [1.54, 1.807) is 0 Å². The second-order valence-electron chi connectivity index (χ2n) is 7.60. The molecule has 1 aliphatic heterocycles. The maximum Gasteiger partial charge on any atom is 0.222 e. The monoisotopic (exact) mass is 415 g/mol. The fourth-order valence-corrected chi connectivity index (χ4v) is 4.60. The fraction of sp³-hybridized carbons (Fsp3) is 0.409. The van der Waals surface area contributed by atoms with Crippen LogP contribution in [0.2, 0.25) is 0 Å². The number of piperidine rings is 1. The lowest BCUT2D eigenvalue weighted by Gasteiger charge is -2.32. The predicted octanol–water partition coefficient (Wildman–Crippen LogP) is 2.30. The van der Waals surface area contributed by atoms with Gasteiger partial charge in [0.05, 0.1) is 12.3 Å². The second-order valence-corrected chi connectivity index (χ2v) is 9.38. The number of sulfonamides is 1. The molecule has 3 rings (SSSR count). The Hall–Kier alpha value is -2.22. The van der Waals surface area contributed by atoms with E-state index in [0.717, 1.165) is 30.5 Å². The van der Waals surface area contributed by atoms with Gasteiger partial charge in [-0.1, -0.05) is 60.7 Å². The van der Waals surface area contributed by atoms with E-state index in [1.165, 1.54) is 6.26 Å². The van der Waals surface area contributed by atoms with Gasteiger partial charge in [-0.05, 0) is 30.5 Å². The minimum atomic E-state index is -3.21. The van der Waals surface area contributed by atoms with E-state index in [1.807, 2.05) is 60.7 Å². The molecule has 156 valence electrons. The summed E-state index contributed by atoms with van der Waals surface area (Å²) in [4.78, 5) is 14.9. The summed E-state index contributed by atoms with van der Waals surface area (Å²) in [5.41, 5.74) is 2.09. The molecule has 1 heterocycles. The minimum Gasteiger partial charge on any atom is -0.345 e. The highest BCUT2D eigenvalue weighted by Crippen LogP contribution is 2.22. The molecule has 2 N–H and O–H groups in total. The van der Waals surface area contributed by atoms with E-state index in [0.29, 0.717) is 19.5 Å². The maximum atomic E-state index is 12.7. The maximum absolute atomic E-state index is 12.7. The van der Waals surface area contributed by atoms with E-state index >= 15 is 0 Å². The number of likely N-dealkylation sites (tertiary alicyclic amines) is 1. The number of nitrogens with one attached hydrogen (secondary N) is 2. The number of hydrogen-bond donors (Lipinski definition) is 2. The SMILES string of the molecule is CS(=O)(=O)NC1CCCN(CCC(=O)NC(c2ccccc2)c2ccccc2)C1. The summed E-state index contributed by atoms with van der Waals surface area (Å²) >= 11 is 0. The molecule has 1 atom stereocenters. The number of rotatable bonds is 8. The smallest absolute Gasteiger partial charge is 0.222 e. The van der Waals surface area contributed by atoms with Gasteiger partial charge in [-0.25, -0.2) is 13.1 Å². The Morgan fingerprint density at radius 2 is 1.66 bits per heavy atom. The standard InChI is InChI=1S/C22H29N3O3S/c1-29(27,28)24-20-13-8-15-25(17-20)16-14-21(26)23-22(18-9-4-2-5-10-18)19-11-6-3-7-12-19/h2-7,9-12,20,22,24H,8,13-17H2,1H3,(H,23,26). The van der Waals surface area contributed by atoms with E-state index in [2.05, 4.69) is 14.9 Å². The normalized spacial score (nSPS) is 17.9. The Kier molecular flexibility index (Phi) is 7.41. The molecule has 0 radical (unpaired) electrons. The van der Waals surface area contributed by atoms with Crippen LogP contribution >= 0.6 is 0 Å². The largest absolute Gasteiger partial charge is 0.345 e. The summed E-state index contributed by atoms with van der Waals surface area (Å²) in [6, 6.07) is 19.6. The third-order valence-electron chi connectivity index (χ3n) is 5.11. The van der Waals surface area contributed by atoms with Crippen molar-refractivity contribution >= 4 is 15.9 Å². The van der Waals surface area contributed by atoms with Gasteiger partial charge in [-0.15, -0.1) is 0 Å². The average Bonchev–Trinajstić information content (AvgIpc) is 2.71. The Morgan fingerprint density at radius 3 is 2.21 bits per heavy atom. The van der Waals surface area contributed by atoms with Crippen LogP contribution in [-0.2, 0) is 14.8 Å². The first-order chi connectivity index (χ1) is 13.9. The van der Waals surface area contributed by atoms with Gasteiger partial charge in [0, 0.05) is 25.6 Å². The first kappa shape index (κ1) is 21.5. The number of carbonyl (C=O) groups excluding carboxylic acids is 1. The molecule has 0 spiro atoms. The van der Waals surface area contributed by atoms with E-state index < -0.39 is 10.0 Å². The van der Waals surface area contributed by atoms with Gasteiger partial charge in [0.25, 0.3) is 0 Å². The van der Waals surface area contributed by atoms with Crippen molar-refractivity contribution in [2.45, 2.75) is 31.3 Å². The third kappa shape index (κ3) is 6.96. The number of nitrogens with zero attached hydrogens (tertiary/aromatic N) is 1. The van der Waals surface area contributed by atoms with Crippen LogP contribution in [0.1, 0.15) is 36.4 Å². The van der Waals surface area contributed by atoms with Gasteiger partial charge in [0.2, 0.25) is 15.9 Å². The van der Waals surface area contributed by atoms with Gasteiger partial charge in [-0.2, -0.15) is 0 Å². The van der Waals surface area contributed by atoms with Crippen LogP contribution in [-0.4, -0.2) is 51.2 Å². The van der Waals surface area contributed by atoms with Crippen molar-refractivity contribution in [2.75, 3.05) is 25.9 Å². The van der Waals surface area contributed by atoms with E-state index in [-0.39, 0.29) is 18.0 Å². The van der Waals surface area contributed by atoms with Crippen LogP contribution in [0, 0.1) is 0 Å². The molecule has 29 heavy (non-hydrogen) atoms. The second kappa shape index (κ2) is 10.0. The number of hydrogen-bond acceptors (Lipinski definition) is 4. The molecule has 0 bridgehead atoms. The lowest BCUT2D eigenvalue weighted by atomic mass is 9.98. The van der Waals surface area contributed by atoms with Crippen molar-refractivity contribution in [1.29, 1.82) is 0 Å². The lowest BCUT2D eigenvalue weighted by molar-refractivity contribution is -0.122. The van der Waals surface area contributed by atoms with Crippen molar-refractivity contribution in [3.8, 4) is 0 Å². The molecule has 2 aromatic carbocycles. The third-order valence-corrected chi connectivity index (χ3v) is 5.87. The van der Waals surface area contributed by atoms with Crippen LogP contribution in [0.5, 0.6) is 0 Å². The Labute approximate surface area is 173 Å². The predicted molar refractivity (Wildman–Crippen MR) is 115 cm³/mol. The van der Waals surface area contributed by atoms with Crippen LogP contribution in [0.25, 0.3) is 0 Å². The summed E-state index contributed by atoms with van der Waals surface area (Å²) in [6.45, 7) is 2.14. The molecule has 1 fully saturated rings. The summed E-state index contributed by atoms with van der Waals surface area (Å²) in [5.74, 6) is -0.0131. The van der Waals surface area contributed by atoms with Crippen molar-refractivity contribution < 1.29 is 13.2 Å². The van der Waals surface area contributed by atoms with Crippen molar-refractivity contribution in [3.63, 3.8) is 0 Å². The van der Waals surface area contributed by atoms with Crippen molar-refractivity contribution in [1.82, 2.24) is 14.9 Å². The fourth-order valence-electron chi connectivity index (χ4n) is 3.80. The van der Waals surface area contributed by atoms with Crippen molar-refractivity contribution in [3.05, 3.63) is 71.8 Å². The highest BCUT2D eigenvalue weighted by molar-refractivity contribution is 7.88. The molecule has 1 aliphatic rings. The molecular weight excluding hydrogens is 386 g/mol. The Morgan fingerprint density at radius 1 is 1.07 bits per heavy atom. The quantitative estimate of drug-likeness (QED) is 0.693. The van der Waals surface area contributed by atoms with E-state index in [4.69, 9.17) is 0 Å². The Balaban J connectivity index is 1.58. The molecular formula is C22H29N3O3S. The van der Waals surface area contributed by atoms with Crippen molar-refractivity contribution in [2.24, 2.45) is 0 Å².